The van der Waals surface area contributed by atoms with Crippen molar-refractivity contribution >= 4 is 23.4 Å². The van der Waals surface area contributed by atoms with Gasteiger partial charge < -0.3 is 11.2 Å². The van der Waals surface area contributed by atoms with Gasteiger partial charge in [0.1, 0.15) is 5.82 Å². The number of aromatic nitrogens is 3. The van der Waals surface area contributed by atoms with E-state index in [-0.39, 0.29) is 11.7 Å². The Labute approximate surface area is 167 Å². The molecule has 1 atom stereocenters. The number of halogens is 1. The third-order valence-corrected chi connectivity index (χ3v) is 5.36. The third kappa shape index (κ3) is 4.69. The van der Waals surface area contributed by atoms with Gasteiger partial charge in [0, 0.05) is 12.1 Å². The summed E-state index contributed by atoms with van der Waals surface area (Å²) in [5.74, 6) is 6.19. The lowest BCUT2D eigenvalue weighted by molar-refractivity contribution is -0.115. The first-order valence-electron chi connectivity index (χ1n) is 8.82. The van der Waals surface area contributed by atoms with E-state index < -0.39 is 5.25 Å². The van der Waals surface area contributed by atoms with Crippen LogP contribution in [0, 0.1) is 19.7 Å². The number of rotatable bonds is 6. The molecule has 0 bridgehead atoms. The van der Waals surface area contributed by atoms with Crippen molar-refractivity contribution in [3.8, 4) is 0 Å². The fourth-order valence-corrected chi connectivity index (χ4v) is 3.48. The van der Waals surface area contributed by atoms with E-state index in [9.17, 15) is 9.18 Å². The van der Waals surface area contributed by atoms with E-state index in [0.29, 0.717) is 17.4 Å². The van der Waals surface area contributed by atoms with Crippen LogP contribution in [0.5, 0.6) is 0 Å². The average molecular weight is 399 g/mol. The van der Waals surface area contributed by atoms with Gasteiger partial charge in [-0.15, -0.1) is 10.2 Å². The maximum atomic E-state index is 13.0. The van der Waals surface area contributed by atoms with E-state index >= 15 is 0 Å². The zero-order chi connectivity index (χ0) is 20.3. The lowest BCUT2D eigenvalue weighted by Gasteiger charge is -2.13. The SMILES string of the molecule is Cc1ccc(NC(=O)[C@@H](C)Sc2nnc(Cc3ccc(F)cc3)n2N)c(C)c1. The van der Waals surface area contributed by atoms with Crippen LogP contribution >= 0.6 is 11.8 Å². The first-order chi connectivity index (χ1) is 13.3. The van der Waals surface area contributed by atoms with Crippen molar-refractivity contribution in [2.75, 3.05) is 11.2 Å². The highest BCUT2D eigenvalue weighted by Crippen LogP contribution is 2.24. The lowest BCUT2D eigenvalue weighted by Crippen LogP contribution is -2.24. The molecule has 3 aromatic rings. The second-order valence-corrected chi connectivity index (χ2v) is 7.95. The van der Waals surface area contributed by atoms with Gasteiger partial charge in [0.05, 0.1) is 5.25 Å². The molecule has 146 valence electrons. The molecule has 1 aromatic heterocycles. The van der Waals surface area contributed by atoms with Crippen LogP contribution in [0.4, 0.5) is 10.1 Å². The molecule has 6 nitrogen and oxygen atoms in total. The summed E-state index contributed by atoms with van der Waals surface area (Å²) in [4.78, 5) is 12.5. The van der Waals surface area contributed by atoms with Gasteiger partial charge in [-0.05, 0) is 50.1 Å². The van der Waals surface area contributed by atoms with Gasteiger partial charge in [0.15, 0.2) is 5.82 Å². The molecule has 3 rings (SSSR count). The zero-order valence-corrected chi connectivity index (χ0v) is 16.8. The molecule has 0 aliphatic rings. The van der Waals surface area contributed by atoms with E-state index in [1.165, 1.54) is 28.6 Å². The monoisotopic (exact) mass is 399 g/mol. The second kappa shape index (κ2) is 8.43. The summed E-state index contributed by atoms with van der Waals surface area (Å²) in [6.07, 6.45) is 0.424. The summed E-state index contributed by atoms with van der Waals surface area (Å²) >= 11 is 1.23. The predicted octanol–water partition coefficient (Wildman–Crippen LogP) is 3.46. The van der Waals surface area contributed by atoms with E-state index in [4.69, 9.17) is 5.84 Å². The molecule has 0 radical (unpaired) electrons. The summed E-state index contributed by atoms with van der Waals surface area (Å²) in [6.45, 7) is 5.76. The number of carbonyl (C=O) groups is 1. The second-order valence-electron chi connectivity index (χ2n) is 6.64. The van der Waals surface area contributed by atoms with Crippen LogP contribution in [0.2, 0.25) is 0 Å². The Balaban J connectivity index is 1.65. The molecule has 2 aromatic carbocycles. The molecule has 0 spiro atoms. The van der Waals surface area contributed by atoms with Crippen molar-refractivity contribution < 1.29 is 9.18 Å². The largest absolute Gasteiger partial charge is 0.336 e. The number of nitrogens with zero attached hydrogens (tertiary/aromatic N) is 3. The van der Waals surface area contributed by atoms with Gasteiger partial charge in [-0.25, -0.2) is 9.07 Å². The molecule has 0 aliphatic carbocycles. The molecule has 1 amide bonds. The van der Waals surface area contributed by atoms with Crippen molar-refractivity contribution in [1.29, 1.82) is 0 Å². The summed E-state index contributed by atoms with van der Waals surface area (Å²) in [7, 11) is 0. The summed E-state index contributed by atoms with van der Waals surface area (Å²) < 4.78 is 14.4. The molecule has 0 fully saturated rings. The number of nitrogens with one attached hydrogen (secondary N) is 1. The van der Waals surface area contributed by atoms with Gasteiger partial charge in [-0.1, -0.05) is 41.6 Å². The van der Waals surface area contributed by atoms with Crippen LogP contribution in [-0.2, 0) is 11.2 Å². The number of aryl methyl sites for hydroxylation is 2. The number of hydrogen-bond donors (Lipinski definition) is 2. The molecule has 0 unspecified atom stereocenters. The molecule has 0 aliphatic heterocycles. The Hall–Kier alpha value is -2.87. The molecule has 1 heterocycles. The number of thioether (sulfide) groups is 1. The van der Waals surface area contributed by atoms with Crippen LogP contribution in [0.3, 0.4) is 0 Å². The van der Waals surface area contributed by atoms with Crippen molar-refractivity contribution in [1.82, 2.24) is 14.9 Å². The Bertz CT molecular complexity index is 987. The highest BCUT2D eigenvalue weighted by Gasteiger charge is 2.20. The van der Waals surface area contributed by atoms with E-state index in [2.05, 4.69) is 15.5 Å². The average Bonchev–Trinajstić information content (AvgIpc) is 2.99. The first-order valence-corrected chi connectivity index (χ1v) is 9.70. The fraction of sp³-hybridized carbons (Fsp3) is 0.250. The van der Waals surface area contributed by atoms with E-state index in [1.807, 2.05) is 32.0 Å². The maximum Gasteiger partial charge on any atom is 0.237 e. The molecule has 3 N–H and O–H groups in total. The predicted molar refractivity (Wildman–Crippen MR) is 109 cm³/mol. The Morgan fingerprint density at radius 2 is 1.93 bits per heavy atom. The molecule has 0 saturated heterocycles. The molecule has 28 heavy (non-hydrogen) atoms. The number of anilines is 1. The van der Waals surface area contributed by atoms with Gasteiger partial charge in [0.2, 0.25) is 11.1 Å². The molecule has 0 saturated carbocycles. The molecule has 8 heteroatoms. The third-order valence-electron chi connectivity index (χ3n) is 4.30. The Kier molecular flexibility index (Phi) is 5.99. The van der Waals surface area contributed by atoms with Gasteiger partial charge >= 0.3 is 0 Å². The van der Waals surface area contributed by atoms with Crippen molar-refractivity contribution in [2.45, 2.75) is 37.6 Å². The number of hydrogen-bond acceptors (Lipinski definition) is 5. The highest BCUT2D eigenvalue weighted by atomic mass is 32.2. The van der Waals surface area contributed by atoms with Gasteiger partial charge in [0.25, 0.3) is 0 Å². The standard InChI is InChI=1S/C20H22FN5OS/c1-12-4-9-17(13(2)10-12)23-19(27)14(3)28-20-25-24-18(26(20)22)11-15-5-7-16(21)8-6-15/h4-10,14H,11,22H2,1-3H3,(H,23,27)/t14-/m1/s1. The highest BCUT2D eigenvalue weighted by molar-refractivity contribution is 8.00. The van der Waals surface area contributed by atoms with Crippen molar-refractivity contribution in [3.63, 3.8) is 0 Å². The number of nitrogen functional groups attached to an aromatic ring is 1. The first kappa shape index (κ1) is 19.9. The van der Waals surface area contributed by atoms with Crippen LogP contribution in [0.1, 0.15) is 29.4 Å². The topological polar surface area (TPSA) is 85.8 Å². The van der Waals surface area contributed by atoms with Crippen LogP contribution < -0.4 is 11.2 Å². The number of amides is 1. The summed E-state index contributed by atoms with van der Waals surface area (Å²) in [5, 5.41) is 11.1. The molecular weight excluding hydrogens is 377 g/mol. The van der Waals surface area contributed by atoms with E-state index in [1.54, 1.807) is 19.1 Å². The summed E-state index contributed by atoms with van der Waals surface area (Å²) in [5.41, 5.74) is 3.81. The number of nitrogens with two attached hydrogens (primary N) is 1. The smallest absolute Gasteiger partial charge is 0.237 e. The Morgan fingerprint density at radius 1 is 1.21 bits per heavy atom. The van der Waals surface area contributed by atoms with E-state index in [0.717, 1.165) is 22.4 Å². The summed E-state index contributed by atoms with van der Waals surface area (Å²) in [6, 6.07) is 12.0. The molecular formula is C20H22FN5OS. The quantitative estimate of drug-likeness (QED) is 0.490. The number of benzene rings is 2. The normalized spacial score (nSPS) is 12.0. The van der Waals surface area contributed by atoms with Crippen LogP contribution in [0.25, 0.3) is 0 Å². The van der Waals surface area contributed by atoms with Gasteiger partial charge in [-0.2, -0.15) is 0 Å². The zero-order valence-electron chi connectivity index (χ0n) is 15.9. The van der Waals surface area contributed by atoms with Crippen molar-refractivity contribution in [3.05, 3.63) is 70.8 Å². The number of carbonyl (C=O) groups excluding carboxylic acids is 1. The minimum Gasteiger partial charge on any atom is -0.336 e. The lowest BCUT2D eigenvalue weighted by atomic mass is 10.1. The maximum absolute atomic E-state index is 13.0. The fourth-order valence-electron chi connectivity index (χ4n) is 2.69. The Morgan fingerprint density at radius 3 is 2.61 bits per heavy atom. The van der Waals surface area contributed by atoms with Crippen LogP contribution in [0.15, 0.2) is 47.6 Å². The van der Waals surface area contributed by atoms with Crippen molar-refractivity contribution in [2.24, 2.45) is 0 Å². The van der Waals surface area contributed by atoms with Crippen LogP contribution in [-0.4, -0.2) is 26.0 Å². The minimum atomic E-state index is -0.411. The minimum absolute atomic E-state index is 0.139. The van der Waals surface area contributed by atoms with Gasteiger partial charge in [-0.3, -0.25) is 4.79 Å².